The molecule has 0 amide bonds. The lowest BCUT2D eigenvalue weighted by Gasteiger charge is -1.96. The zero-order chi connectivity index (χ0) is 6.85. The lowest BCUT2D eigenvalue weighted by Crippen LogP contribution is -2.11. The third kappa shape index (κ3) is 1.53. The first-order valence-electron chi connectivity index (χ1n) is 2.96. The van der Waals surface area contributed by atoms with E-state index in [1.54, 1.807) is 12.1 Å². The highest BCUT2D eigenvalue weighted by Gasteiger charge is 1.89. The second-order valence-corrected chi connectivity index (χ2v) is 2.35. The highest BCUT2D eigenvalue weighted by atomic mass is 16.3. The summed E-state index contributed by atoms with van der Waals surface area (Å²) in [7, 11) is 3.93. The summed E-state index contributed by atoms with van der Waals surface area (Å²) in [6.07, 6.45) is 0. The van der Waals surface area contributed by atoms with Crippen molar-refractivity contribution in [3.05, 3.63) is 18.2 Å². The van der Waals surface area contributed by atoms with Crippen LogP contribution in [0.25, 0.3) is 0 Å². The number of hydrogen-bond acceptors (Lipinski definition) is 1. The van der Waals surface area contributed by atoms with Crippen molar-refractivity contribution >= 4 is 26.6 Å². The molecule has 0 saturated heterocycles. The van der Waals surface area contributed by atoms with Crippen molar-refractivity contribution < 1.29 is 5.11 Å². The minimum Gasteiger partial charge on any atom is -0.508 e. The SMILES string of the molecule is Bc1cc(B)cc(O)c1. The molecular weight excluding hydrogens is 110 g/mol. The van der Waals surface area contributed by atoms with Gasteiger partial charge in [0.1, 0.15) is 21.4 Å². The molecule has 0 bridgehead atoms. The van der Waals surface area contributed by atoms with Gasteiger partial charge in [-0.15, -0.1) is 0 Å². The van der Waals surface area contributed by atoms with Gasteiger partial charge in [-0.2, -0.15) is 0 Å². The molecule has 0 fully saturated rings. The molecule has 0 aliphatic heterocycles. The molecule has 1 nitrogen and oxygen atoms in total. The zero-order valence-corrected chi connectivity index (χ0v) is 5.68. The van der Waals surface area contributed by atoms with Crippen molar-refractivity contribution in [2.45, 2.75) is 0 Å². The van der Waals surface area contributed by atoms with Crippen LogP contribution in [0.3, 0.4) is 0 Å². The monoisotopic (exact) mass is 118 g/mol. The Morgan fingerprint density at radius 1 is 1.00 bits per heavy atom. The number of benzene rings is 1. The summed E-state index contributed by atoms with van der Waals surface area (Å²) in [4.78, 5) is 0. The van der Waals surface area contributed by atoms with Crippen LogP contribution in [0.5, 0.6) is 5.75 Å². The van der Waals surface area contributed by atoms with E-state index in [4.69, 9.17) is 5.11 Å². The standard InChI is InChI=1S/C6H8B2O/c7-4-1-5(8)3-6(9)2-4/h1-3,9H,7-8H2. The van der Waals surface area contributed by atoms with Gasteiger partial charge in [-0.05, 0) is 12.1 Å². The zero-order valence-electron chi connectivity index (χ0n) is 5.68. The molecule has 1 rings (SSSR count). The largest absolute Gasteiger partial charge is 0.508 e. The number of phenols is 1. The Bertz CT molecular complexity index is 172. The molecule has 0 radical (unpaired) electrons. The first-order chi connectivity index (χ1) is 4.18. The summed E-state index contributed by atoms with van der Waals surface area (Å²) in [5.41, 5.74) is 2.21. The summed E-state index contributed by atoms with van der Waals surface area (Å²) in [5.74, 6) is 0.354. The van der Waals surface area contributed by atoms with Gasteiger partial charge >= 0.3 is 0 Å². The van der Waals surface area contributed by atoms with Gasteiger partial charge < -0.3 is 5.11 Å². The third-order valence-corrected chi connectivity index (χ3v) is 1.21. The van der Waals surface area contributed by atoms with Crippen molar-refractivity contribution in [2.24, 2.45) is 0 Å². The summed E-state index contributed by atoms with van der Waals surface area (Å²) in [5, 5.41) is 8.99. The fourth-order valence-corrected chi connectivity index (χ4v) is 0.951. The maximum absolute atomic E-state index is 8.99. The van der Waals surface area contributed by atoms with Gasteiger partial charge in [-0.25, -0.2) is 0 Å². The van der Waals surface area contributed by atoms with Crippen molar-refractivity contribution in [2.75, 3.05) is 0 Å². The number of rotatable bonds is 0. The summed E-state index contributed by atoms with van der Waals surface area (Å²) >= 11 is 0. The molecule has 0 aliphatic rings. The van der Waals surface area contributed by atoms with E-state index in [0.717, 1.165) is 10.9 Å². The van der Waals surface area contributed by atoms with Crippen LogP contribution in [0.2, 0.25) is 0 Å². The molecule has 0 saturated carbocycles. The molecule has 0 atom stereocenters. The van der Waals surface area contributed by atoms with E-state index >= 15 is 0 Å². The average molecular weight is 118 g/mol. The Hall–Kier alpha value is -0.850. The van der Waals surface area contributed by atoms with Gasteiger partial charge in [0, 0.05) is 0 Å². The van der Waals surface area contributed by atoms with E-state index in [0.29, 0.717) is 5.75 Å². The van der Waals surface area contributed by atoms with Crippen LogP contribution in [-0.2, 0) is 0 Å². The van der Waals surface area contributed by atoms with Crippen LogP contribution in [0.1, 0.15) is 0 Å². The normalized spacial score (nSPS) is 9.33. The van der Waals surface area contributed by atoms with Crippen molar-refractivity contribution in [3.8, 4) is 5.75 Å². The van der Waals surface area contributed by atoms with Crippen LogP contribution < -0.4 is 10.9 Å². The molecule has 1 aromatic rings. The Morgan fingerprint density at radius 2 is 1.44 bits per heavy atom. The molecule has 0 aromatic heterocycles. The molecule has 0 unspecified atom stereocenters. The van der Waals surface area contributed by atoms with E-state index in [2.05, 4.69) is 0 Å². The molecule has 0 spiro atoms. The van der Waals surface area contributed by atoms with Crippen molar-refractivity contribution in [3.63, 3.8) is 0 Å². The quantitative estimate of drug-likeness (QED) is 0.387. The Morgan fingerprint density at radius 3 is 1.78 bits per heavy atom. The van der Waals surface area contributed by atoms with E-state index < -0.39 is 0 Å². The summed E-state index contributed by atoms with van der Waals surface area (Å²) < 4.78 is 0. The predicted molar refractivity (Wildman–Crippen MR) is 44.5 cm³/mol. The first kappa shape index (κ1) is 6.27. The molecule has 1 N–H and O–H groups in total. The second kappa shape index (κ2) is 2.18. The number of phenolic OH excluding ortho intramolecular Hbond substituents is 1. The van der Waals surface area contributed by atoms with Crippen molar-refractivity contribution in [1.82, 2.24) is 0 Å². The summed E-state index contributed by atoms with van der Waals surface area (Å²) in [6, 6.07) is 5.51. The van der Waals surface area contributed by atoms with Gasteiger partial charge in [0.2, 0.25) is 0 Å². The smallest absolute Gasteiger partial charge is 0.139 e. The van der Waals surface area contributed by atoms with Crippen molar-refractivity contribution in [1.29, 1.82) is 0 Å². The average Bonchev–Trinajstić information content (AvgIpc) is 1.59. The molecule has 9 heavy (non-hydrogen) atoms. The Balaban J connectivity index is 3.17. The minimum absolute atomic E-state index is 0.354. The lowest BCUT2D eigenvalue weighted by atomic mass is 9.87. The highest BCUT2D eigenvalue weighted by molar-refractivity contribution is 6.38. The Labute approximate surface area is 56.5 Å². The van der Waals surface area contributed by atoms with E-state index in [1.807, 2.05) is 21.8 Å². The number of hydrogen-bond donors (Lipinski definition) is 1. The number of aromatic hydroxyl groups is 1. The van der Waals surface area contributed by atoms with Crippen LogP contribution >= 0.6 is 0 Å². The first-order valence-corrected chi connectivity index (χ1v) is 2.96. The van der Waals surface area contributed by atoms with Crippen LogP contribution in [0.4, 0.5) is 0 Å². The van der Waals surface area contributed by atoms with Crippen LogP contribution in [-0.4, -0.2) is 20.8 Å². The van der Waals surface area contributed by atoms with Crippen LogP contribution in [0.15, 0.2) is 18.2 Å². The lowest BCUT2D eigenvalue weighted by molar-refractivity contribution is 0.476. The molecule has 0 aliphatic carbocycles. The highest BCUT2D eigenvalue weighted by Crippen LogP contribution is 1.99. The van der Waals surface area contributed by atoms with Gasteiger partial charge in [0.15, 0.2) is 0 Å². The van der Waals surface area contributed by atoms with Gasteiger partial charge in [-0.3, -0.25) is 0 Å². The molecule has 44 valence electrons. The predicted octanol–water partition coefficient (Wildman–Crippen LogP) is -2.09. The third-order valence-electron chi connectivity index (χ3n) is 1.21. The Kier molecular flexibility index (Phi) is 1.52. The maximum atomic E-state index is 8.99. The fourth-order valence-electron chi connectivity index (χ4n) is 0.951. The minimum atomic E-state index is 0.354. The molecule has 0 heterocycles. The van der Waals surface area contributed by atoms with Crippen LogP contribution in [0, 0.1) is 0 Å². The second-order valence-electron chi connectivity index (χ2n) is 2.35. The maximum Gasteiger partial charge on any atom is 0.139 e. The van der Waals surface area contributed by atoms with Gasteiger partial charge in [-0.1, -0.05) is 17.0 Å². The van der Waals surface area contributed by atoms with Gasteiger partial charge in [0.05, 0.1) is 0 Å². The van der Waals surface area contributed by atoms with E-state index in [-0.39, 0.29) is 0 Å². The van der Waals surface area contributed by atoms with E-state index in [1.165, 1.54) is 0 Å². The topological polar surface area (TPSA) is 20.2 Å². The van der Waals surface area contributed by atoms with E-state index in [9.17, 15) is 0 Å². The summed E-state index contributed by atoms with van der Waals surface area (Å²) in [6.45, 7) is 0. The molecular formula is C6H8B2O. The van der Waals surface area contributed by atoms with Gasteiger partial charge in [0.25, 0.3) is 0 Å². The molecule has 3 heteroatoms. The fraction of sp³-hybridized carbons (Fsp3) is 0. The molecule has 1 aromatic carbocycles.